The summed E-state index contributed by atoms with van der Waals surface area (Å²) in [5.41, 5.74) is -1.13. The predicted molar refractivity (Wildman–Crippen MR) is 62.6 cm³/mol. The lowest BCUT2D eigenvalue weighted by atomic mass is 10.2. The monoisotopic (exact) mass is 352 g/mol. The lowest BCUT2D eigenvalue weighted by Crippen LogP contribution is -2.12. The molecule has 0 aliphatic heterocycles. The van der Waals surface area contributed by atoms with E-state index in [1.807, 2.05) is 0 Å². The van der Waals surface area contributed by atoms with Gasteiger partial charge >= 0.3 is 5.97 Å². The van der Waals surface area contributed by atoms with Crippen molar-refractivity contribution in [1.29, 1.82) is 5.26 Å². The molecule has 1 aromatic heterocycles. The number of halogens is 3. The van der Waals surface area contributed by atoms with Gasteiger partial charge in [0.2, 0.25) is 0 Å². The molecule has 17 heavy (non-hydrogen) atoms. The Morgan fingerprint density at radius 1 is 1.71 bits per heavy atom. The summed E-state index contributed by atoms with van der Waals surface area (Å²) >= 11 is 1.74. The molecular formula is C10H7F2IN2O2. The SMILES string of the molecule is CCOC(=O)c1nc(C(F)F)c(C#N)cc1I. The van der Waals surface area contributed by atoms with Crippen LogP contribution in [0.3, 0.4) is 0 Å². The maximum Gasteiger partial charge on any atom is 0.358 e. The second-order valence-electron chi connectivity index (χ2n) is 2.88. The van der Waals surface area contributed by atoms with Crippen molar-refractivity contribution in [1.82, 2.24) is 4.98 Å². The van der Waals surface area contributed by atoms with E-state index in [9.17, 15) is 13.6 Å². The third-order valence-electron chi connectivity index (χ3n) is 1.80. The lowest BCUT2D eigenvalue weighted by molar-refractivity contribution is 0.0516. The fourth-order valence-electron chi connectivity index (χ4n) is 1.10. The van der Waals surface area contributed by atoms with Crippen LogP contribution < -0.4 is 0 Å². The molecule has 1 heterocycles. The first-order valence-corrected chi connectivity index (χ1v) is 5.65. The van der Waals surface area contributed by atoms with Crippen molar-refractivity contribution >= 4 is 28.6 Å². The molecule has 0 unspecified atom stereocenters. The third-order valence-corrected chi connectivity index (χ3v) is 2.62. The topological polar surface area (TPSA) is 63.0 Å². The Labute approximate surface area is 110 Å². The van der Waals surface area contributed by atoms with Gasteiger partial charge in [0.15, 0.2) is 5.69 Å². The average Bonchev–Trinajstić information content (AvgIpc) is 2.28. The van der Waals surface area contributed by atoms with E-state index in [1.165, 1.54) is 6.07 Å². The molecule has 0 spiro atoms. The predicted octanol–water partition coefficient (Wildman–Crippen LogP) is 2.67. The first-order chi connectivity index (χ1) is 8.01. The van der Waals surface area contributed by atoms with Crippen LogP contribution in [-0.4, -0.2) is 17.6 Å². The summed E-state index contributed by atoms with van der Waals surface area (Å²) in [6.45, 7) is 1.73. The van der Waals surface area contributed by atoms with Gasteiger partial charge in [-0.2, -0.15) is 5.26 Å². The number of hydrogen-bond acceptors (Lipinski definition) is 4. The highest BCUT2D eigenvalue weighted by molar-refractivity contribution is 14.1. The van der Waals surface area contributed by atoms with Gasteiger partial charge in [0.25, 0.3) is 6.43 Å². The summed E-state index contributed by atoms with van der Waals surface area (Å²) < 4.78 is 30.2. The first-order valence-electron chi connectivity index (χ1n) is 4.57. The van der Waals surface area contributed by atoms with Crippen LogP contribution in [0.15, 0.2) is 6.07 Å². The average molecular weight is 352 g/mol. The van der Waals surface area contributed by atoms with Gasteiger partial charge in [-0.25, -0.2) is 18.6 Å². The van der Waals surface area contributed by atoms with Crippen LogP contribution in [0.1, 0.15) is 35.1 Å². The van der Waals surface area contributed by atoms with Crippen molar-refractivity contribution in [2.75, 3.05) is 6.61 Å². The number of alkyl halides is 2. The Balaban J connectivity index is 3.30. The quantitative estimate of drug-likeness (QED) is 0.620. The number of nitrogens with zero attached hydrogens (tertiary/aromatic N) is 2. The maximum absolute atomic E-state index is 12.6. The molecule has 0 bridgehead atoms. The zero-order valence-electron chi connectivity index (χ0n) is 8.71. The minimum atomic E-state index is -2.91. The molecule has 4 nitrogen and oxygen atoms in total. The normalized spacial score (nSPS) is 10.1. The van der Waals surface area contributed by atoms with Gasteiger partial charge in [0, 0.05) is 3.57 Å². The van der Waals surface area contributed by atoms with Crippen molar-refractivity contribution < 1.29 is 18.3 Å². The minimum Gasteiger partial charge on any atom is -0.461 e. The van der Waals surface area contributed by atoms with Crippen LogP contribution in [0.5, 0.6) is 0 Å². The largest absolute Gasteiger partial charge is 0.461 e. The number of hydrogen-bond donors (Lipinski definition) is 0. The molecule has 0 amide bonds. The first kappa shape index (κ1) is 13.8. The molecule has 0 atom stereocenters. The van der Waals surface area contributed by atoms with Gasteiger partial charge in [0.1, 0.15) is 11.8 Å². The minimum absolute atomic E-state index is 0.126. The standard InChI is InChI=1S/C10H7F2IN2O2/c1-2-17-10(16)8-6(13)3-5(4-14)7(15-8)9(11)12/h3,9H,2H2,1H3. The number of nitriles is 1. The summed E-state index contributed by atoms with van der Waals surface area (Å²) in [5, 5.41) is 8.68. The van der Waals surface area contributed by atoms with E-state index < -0.39 is 18.1 Å². The number of ether oxygens (including phenoxy) is 1. The fourth-order valence-corrected chi connectivity index (χ4v) is 1.75. The Morgan fingerprint density at radius 3 is 2.82 bits per heavy atom. The molecule has 0 saturated carbocycles. The van der Waals surface area contributed by atoms with Crippen molar-refractivity contribution in [3.63, 3.8) is 0 Å². The molecule has 0 fully saturated rings. The highest BCUT2D eigenvalue weighted by atomic mass is 127. The molecule has 1 rings (SSSR count). The van der Waals surface area contributed by atoms with Crippen molar-refractivity contribution in [3.8, 4) is 6.07 Å². The fraction of sp³-hybridized carbons (Fsp3) is 0.300. The van der Waals surface area contributed by atoms with Crippen molar-refractivity contribution in [2.24, 2.45) is 0 Å². The van der Waals surface area contributed by atoms with Crippen LogP contribution >= 0.6 is 22.6 Å². The van der Waals surface area contributed by atoms with Gasteiger partial charge in [-0.1, -0.05) is 0 Å². The summed E-state index contributed by atoms with van der Waals surface area (Å²) in [4.78, 5) is 14.9. The molecule has 0 N–H and O–H groups in total. The summed E-state index contributed by atoms with van der Waals surface area (Å²) in [6.07, 6.45) is -2.91. The Hall–Kier alpha value is -1.30. The summed E-state index contributed by atoms with van der Waals surface area (Å²) in [5.74, 6) is -0.775. The van der Waals surface area contributed by atoms with Crippen LogP contribution in [0, 0.1) is 14.9 Å². The van der Waals surface area contributed by atoms with Gasteiger partial charge in [-0.15, -0.1) is 0 Å². The van der Waals surface area contributed by atoms with Crippen LogP contribution in [-0.2, 0) is 4.74 Å². The van der Waals surface area contributed by atoms with Gasteiger partial charge in [-0.05, 0) is 35.6 Å². The number of carbonyl (C=O) groups is 1. The smallest absolute Gasteiger partial charge is 0.358 e. The van der Waals surface area contributed by atoms with Crippen LogP contribution in [0.2, 0.25) is 0 Å². The molecule has 0 aliphatic rings. The van der Waals surface area contributed by atoms with Crippen LogP contribution in [0.4, 0.5) is 8.78 Å². The number of carbonyl (C=O) groups excluding carboxylic acids is 1. The highest BCUT2D eigenvalue weighted by Gasteiger charge is 2.21. The summed E-state index contributed by atoms with van der Waals surface area (Å²) in [6, 6.07) is 2.81. The van der Waals surface area contributed by atoms with E-state index in [4.69, 9.17) is 5.26 Å². The molecule has 0 saturated heterocycles. The Bertz CT molecular complexity index is 486. The number of aromatic nitrogens is 1. The van der Waals surface area contributed by atoms with Crippen molar-refractivity contribution in [3.05, 3.63) is 26.6 Å². The molecule has 7 heteroatoms. The molecule has 1 aromatic rings. The number of pyridine rings is 1. The van der Waals surface area contributed by atoms with E-state index in [1.54, 1.807) is 35.6 Å². The molecule has 90 valence electrons. The van der Waals surface area contributed by atoms with Gasteiger partial charge in [0.05, 0.1) is 12.2 Å². The molecule has 0 aromatic carbocycles. The van der Waals surface area contributed by atoms with Crippen LogP contribution in [0.25, 0.3) is 0 Å². The zero-order chi connectivity index (χ0) is 13.0. The summed E-state index contributed by atoms with van der Waals surface area (Å²) in [7, 11) is 0. The number of rotatable bonds is 3. The van der Waals surface area contributed by atoms with Gasteiger partial charge < -0.3 is 4.74 Å². The van der Waals surface area contributed by atoms with E-state index >= 15 is 0 Å². The van der Waals surface area contributed by atoms with E-state index in [-0.39, 0.29) is 17.9 Å². The van der Waals surface area contributed by atoms with Gasteiger partial charge in [-0.3, -0.25) is 0 Å². The second-order valence-corrected chi connectivity index (χ2v) is 4.05. The molecule has 0 aliphatic carbocycles. The van der Waals surface area contributed by atoms with Crippen molar-refractivity contribution in [2.45, 2.75) is 13.3 Å². The molecular weight excluding hydrogens is 345 g/mol. The van der Waals surface area contributed by atoms with E-state index in [0.29, 0.717) is 3.57 Å². The maximum atomic E-state index is 12.6. The zero-order valence-corrected chi connectivity index (χ0v) is 10.9. The lowest BCUT2D eigenvalue weighted by Gasteiger charge is -2.07. The Morgan fingerprint density at radius 2 is 2.35 bits per heavy atom. The third kappa shape index (κ3) is 3.09. The second kappa shape index (κ2) is 5.86. The number of esters is 1. The Kier molecular flexibility index (Phi) is 4.74. The van der Waals surface area contributed by atoms with E-state index in [0.717, 1.165) is 0 Å². The molecule has 0 radical (unpaired) electrons. The highest BCUT2D eigenvalue weighted by Crippen LogP contribution is 2.24. The van der Waals surface area contributed by atoms with E-state index in [2.05, 4.69) is 9.72 Å².